The van der Waals surface area contributed by atoms with Crippen LogP contribution in [0.25, 0.3) is 22.7 Å². The number of para-hydroxylation sites is 1. The molecule has 0 saturated heterocycles. The minimum Gasteiger partial charge on any atom is -0.329 e. The van der Waals surface area contributed by atoms with E-state index in [-0.39, 0.29) is 11.5 Å². The van der Waals surface area contributed by atoms with Crippen molar-refractivity contribution < 1.29 is 0 Å². The molecule has 6 nitrogen and oxygen atoms in total. The van der Waals surface area contributed by atoms with Crippen LogP contribution >= 0.6 is 0 Å². The van der Waals surface area contributed by atoms with Crippen molar-refractivity contribution in [2.24, 2.45) is 10.9 Å². The van der Waals surface area contributed by atoms with Crippen LogP contribution in [0.15, 0.2) is 77.2 Å². The zero-order valence-corrected chi connectivity index (χ0v) is 19.3. The van der Waals surface area contributed by atoms with Crippen molar-refractivity contribution in [2.75, 3.05) is 5.32 Å². The predicted octanol–water partition coefficient (Wildman–Crippen LogP) is 5.72. The minimum atomic E-state index is -0.153. The summed E-state index contributed by atoms with van der Waals surface area (Å²) in [5, 5.41) is 11.1. The number of aryl methyl sites for hydroxylation is 1. The van der Waals surface area contributed by atoms with Gasteiger partial charge >= 0.3 is 0 Å². The number of anilines is 1. The summed E-state index contributed by atoms with van der Waals surface area (Å²) in [6, 6.07) is 17.9. The van der Waals surface area contributed by atoms with Crippen LogP contribution in [-0.2, 0) is 6.54 Å². The molecule has 0 aliphatic heterocycles. The Labute approximate surface area is 193 Å². The van der Waals surface area contributed by atoms with Gasteiger partial charge in [-0.2, -0.15) is 5.10 Å². The number of hydrogen-bond acceptors (Lipinski definition) is 3. The molecule has 0 saturated carbocycles. The van der Waals surface area contributed by atoms with Crippen LogP contribution in [0.4, 0.5) is 5.82 Å². The molecule has 0 aliphatic carbocycles. The molecule has 0 fully saturated rings. The lowest BCUT2D eigenvalue weighted by Gasteiger charge is -2.22. The molecule has 168 valence electrons. The first kappa shape index (κ1) is 22.3. The van der Waals surface area contributed by atoms with Gasteiger partial charge in [-0.3, -0.25) is 19.5 Å². The molecule has 1 unspecified atom stereocenters. The third-order valence-electron chi connectivity index (χ3n) is 5.88. The van der Waals surface area contributed by atoms with E-state index in [1.165, 1.54) is 5.56 Å². The van der Waals surface area contributed by atoms with E-state index in [4.69, 9.17) is 4.99 Å². The van der Waals surface area contributed by atoms with E-state index in [0.29, 0.717) is 23.3 Å². The fourth-order valence-electron chi connectivity index (χ4n) is 3.88. The highest BCUT2D eigenvalue weighted by molar-refractivity contribution is 6.01. The van der Waals surface area contributed by atoms with Crippen LogP contribution in [-0.4, -0.2) is 20.6 Å². The highest BCUT2D eigenvalue weighted by Gasteiger charge is 2.20. The first-order chi connectivity index (χ1) is 16.0. The SMILES string of the molecule is C=Cc1c(NC(=NCc2cccc(C)c2)C(C)CC)n(-c2ccccc2)c(=O)c2cn[nH]c12. The molecule has 0 amide bonds. The molecular weight excluding hydrogens is 410 g/mol. The summed E-state index contributed by atoms with van der Waals surface area (Å²) in [6.07, 6.45) is 4.22. The summed E-state index contributed by atoms with van der Waals surface area (Å²) in [5.41, 5.74) is 4.39. The van der Waals surface area contributed by atoms with Crippen molar-refractivity contribution in [2.45, 2.75) is 33.7 Å². The fraction of sp³-hybridized carbons (Fsp3) is 0.222. The maximum atomic E-state index is 13.5. The first-order valence-corrected chi connectivity index (χ1v) is 11.2. The van der Waals surface area contributed by atoms with Crippen molar-refractivity contribution in [1.29, 1.82) is 0 Å². The number of nitrogens with zero attached hydrogens (tertiary/aromatic N) is 3. The molecule has 0 radical (unpaired) electrons. The normalized spacial score (nSPS) is 12.6. The second-order valence-electron chi connectivity index (χ2n) is 8.23. The van der Waals surface area contributed by atoms with Crippen LogP contribution < -0.4 is 10.9 Å². The van der Waals surface area contributed by atoms with E-state index in [1.54, 1.807) is 16.8 Å². The van der Waals surface area contributed by atoms with Crippen LogP contribution in [0.5, 0.6) is 0 Å². The molecule has 1 atom stereocenters. The van der Waals surface area contributed by atoms with E-state index >= 15 is 0 Å². The second kappa shape index (κ2) is 9.69. The van der Waals surface area contributed by atoms with Crippen molar-refractivity contribution in [1.82, 2.24) is 14.8 Å². The van der Waals surface area contributed by atoms with Gasteiger partial charge in [-0.25, -0.2) is 0 Å². The molecule has 4 rings (SSSR count). The summed E-state index contributed by atoms with van der Waals surface area (Å²) in [5.74, 6) is 1.62. The maximum absolute atomic E-state index is 13.5. The smallest absolute Gasteiger partial charge is 0.267 e. The Hall–Kier alpha value is -3.93. The highest BCUT2D eigenvalue weighted by atomic mass is 16.1. The summed E-state index contributed by atoms with van der Waals surface area (Å²) < 4.78 is 1.68. The lowest BCUT2D eigenvalue weighted by atomic mass is 10.1. The minimum absolute atomic E-state index is 0.153. The Balaban J connectivity index is 1.88. The number of nitrogens with one attached hydrogen (secondary N) is 2. The van der Waals surface area contributed by atoms with E-state index in [9.17, 15) is 4.79 Å². The number of rotatable bonds is 7. The largest absolute Gasteiger partial charge is 0.329 e. The number of hydrogen-bond donors (Lipinski definition) is 2. The molecular formula is C27H29N5O. The number of aromatic amines is 1. The van der Waals surface area contributed by atoms with E-state index in [1.807, 2.05) is 36.4 Å². The summed E-state index contributed by atoms with van der Waals surface area (Å²) >= 11 is 0. The van der Waals surface area contributed by atoms with Gasteiger partial charge in [0.1, 0.15) is 11.7 Å². The molecule has 2 aromatic carbocycles. The van der Waals surface area contributed by atoms with Crippen molar-refractivity contribution in [3.63, 3.8) is 0 Å². The van der Waals surface area contributed by atoms with Gasteiger partial charge in [-0.1, -0.05) is 74.5 Å². The quantitative estimate of drug-likeness (QED) is 0.286. The number of aliphatic imine (C=N–C) groups is 1. The lowest BCUT2D eigenvalue weighted by molar-refractivity contribution is 0.730. The number of aromatic nitrogens is 3. The Bertz CT molecular complexity index is 1360. The molecule has 4 aromatic rings. The summed E-state index contributed by atoms with van der Waals surface area (Å²) in [6.45, 7) is 10.9. The zero-order chi connectivity index (χ0) is 23.4. The monoisotopic (exact) mass is 439 g/mol. The van der Waals surface area contributed by atoms with Gasteiger partial charge in [0.15, 0.2) is 0 Å². The topological polar surface area (TPSA) is 75.1 Å². The van der Waals surface area contributed by atoms with Crippen LogP contribution in [0.3, 0.4) is 0 Å². The second-order valence-corrected chi connectivity index (χ2v) is 8.23. The molecule has 33 heavy (non-hydrogen) atoms. The number of fused-ring (bicyclic) bond motifs is 1. The van der Waals surface area contributed by atoms with Crippen molar-refractivity contribution in [3.8, 4) is 5.69 Å². The first-order valence-electron chi connectivity index (χ1n) is 11.2. The standard InChI is InChI=1S/C27H29N5O/c1-5-19(4)25(28-16-20-12-10-11-18(3)15-20)30-26-22(6-2)24-23(17-29-31-24)27(33)32(26)21-13-8-7-9-14-21/h6-15,17,19H,2,5,16H2,1,3-4H3,(H,28,30)(H,29,31). The fourth-order valence-corrected chi connectivity index (χ4v) is 3.88. The number of H-pyrrole nitrogens is 1. The van der Waals surface area contributed by atoms with Crippen LogP contribution in [0.2, 0.25) is 0 Å². The molecule has 2 heterocycles. The van der Waals surface area contributed by atoms with Gasteiger partial charge in [0.05, 0.1) is 29.3 Å². The predicted molar refractivity (Wildman–Crippen MR) is 137 cm³/mol. The summed E-state index contributed by atoms with van der Waals surface area (Å²) in [7, 11) is 0. The average molecular weight is 440 g/mol. The van der Waals surface area contributed by atoms with E-state index in [0.717, 1.165) is 29.1 Å². The van der Waals surface area contributed by atoms with Crippen molar-refractivity contribution >= 4 is 28.6 Å². The third-order valence-corrected chi connectivity index (χ3v) is 5.88. The average Bonchev–Trinajstić information content (AvgIpc) is 3.32. The van der Waals surface area contributed by atoms with E-state index < -0.39 is 0 Å². The molecule has 2 aromatic heterocycles. The number of amidine groups is 1. The Kier molecular flexibility index (Phi) is 6.54. The third kappa shape index (κ3) is 4.51. The van der Waals surface area contributed by atoms with Gasteiger partial charge in [-0.05, 0) is 31.0 Å². The van der Waals surface area contributed by atoms with Gasteiger partial charge in [-0.15, -0.1) is 0 Å². The molecule has 0 bridgehead atoms. The molecule has 2 N–H and O–H groups in total. The highest BCUT2D eigenvalue weighted by Crippen LogP contribution is 2.27. The van der Waals surface area contributed by atoms with Crippen molar-refractivity contribution in [3.05, 3.63) is 94.4 Å². The van der Waals surface area contributed by atoms with Crippen LogP contribution in [0.1, 0.15) is 37.0 Å². The molecule has 0 aliphatic rings. The Morgan fingerprint density at radius 3 is 2.73 bits per heavy atom. The summed E-state index contributed by atoms with van der Waals surface area (Å²) in [4.78, 5) is 18.4. The number of pyridine rings is 1. The van der Waals surface area contributed by atoms with Crippen LogP contribution in [0, 0.1) is 12.8 Å². The van der Waals surface area contributed by atoms with Gasteiger partial charge in [0.25, 0.3) is 5.56 Å². The maximum Gasteiger partial charge on any atom is 0.267 e. The Morgan fingerprint density at radius 2 is 2.03 bits per heavy atom. The Morgan fingerprint density at radius 1 is 1.24 bits per heavy atom. The number of benzene rings is 2. The van der Waals surface area contributed by atoms with Gasteiger partial charge in [0.2, 0.25) is 0 Å². The molecule has 0 spiro atoms. The van der Waals surface area contributed by atoms with E-state index in [2.05, 4.69) is 61.1 Å². The molecule has 6 heteroatoms. The lowest BCUT2D eigenvalue weighted by Crippen LogP contribution is -2.28. The van der Waals surface area contributed by atoms with Gasteiger partial charge in [0, 0.05) is 11.5 Å². The zero-order valence-electron chi connectivity index (χ0n) is 19.3. The van der Waals surface area contributed by atoms with Gasteiger partial charge < -0.3 is 5.32 Å².